The van der Waals surface area contributed by atoms with E-state index in [1.165, 1.54) is 0 Å². The zero-order valence-corrected chi connectivity index (χ0v) is 10.4. The Kier molecular flexibility index (Phi) is 4.34. The van der Waals surface area contributed by atoms with Crippen molar-refractivity contribution in [2.45, 2.75) is 38.9 Å². The van der Waals surface area contributed by atoms with Crippen LogP contribution in [0.3, 0.4) is 0 Å². The molecule has 1 saturated heterocycles. The van der Waals surface area contributed by atoms with Gasteiger partial charge in [-0.2, -0.15) is 0 Å². The van der Waals surface area contributed by atoms with E-state index in [1.807, 2.05) is 0 Å². The van der Waals surface area contributed by atoms with Crippen LogP contribution in [-0.2, 0) is 14.3 Å². The number of hydrogen-bond acceptors (Lipinski definition) is 4. The standard InChI is InChI=1S/C11H19NO5/c1-11(2,3)17-10(15)12-5-7-4-8(9(13)14)16-6-7/h7-8H,4-6H2,1-3H3,(H,12,15)(H,13,14). The first-order chi connectivity index (χ1) is 7.78. The lowest BCUT2D eigenvalue weighted by Crippen LogP contribution is -2.35. The predicted molar refractivity (Wildman–Crippen MR) is 59.7 cm³/mol. The van der Waals surface area contributed by atoms with E-state index in [1.54, 1.807) is 20.8 Å². The maximum Gasteiger partial charge on any atom is 0.407 e. The molecule has 2 atom stereocenters. The fraction of sp³-hybridized carbons (Fsp3) is 0.818. The highest BCUT2D eigenvalue weighted by molar-refractivity contribution is 5.72. The number of hydrogen-bond donors (Lipinski definition) is 2. The third-order valence-electron chi connectivity index (χ3n) is 2.29. The van der Waals surface area contributed by atoms with Crippen LogP contribution in [0, 0.1) is 5.92 Å². The van der Waals surface area contributed by atoms with Gasteiger partial charge in [-0.05, 0) is 27.2 Å². The lowest BCUT2D eigenvalue weighted by Gasteiger charge is -2.20. The molecule has 0 aromatic carbocycles. The van der Waals surface area contributed by atoms with Crippen molar-refractivity contribution in [2.24, 2.45) is 5.92 Å². The highest BCUT2D eigenvalue weighted by atomic mass is 16.6. The van der Waals surface area contributed by atoms with Gasteiger partial charge in [0, 0.05) is 12.5 Å². The third-order valence-corrected chi connectivity index (χ3v) is 2.29. The average molecular weight is 245 g/mol. The molecule has 0 aromatic rings. The van der Waals surface area contributed by atoms with E-state index in [2.05, 4.69) is 5.32 Å². The molecule has 2 unspecified atom stereocenters. The molecule has 0 bridgehead atoms. The van der Waals surface area contributed by atoms with Crippen molar-refractivity contribution in [1.82, 2.24) is 5.32 Å². The van der Waals surface area contributed by atoms with E-state index in [-0.39, 0.29) is 5.92 Å². The summed E-state index contributed by atoms with van der Waals surface area (Å²) < 4.78 is 10.1. The zero-order valence-electron chi connectivity index (χ0n) is 10.4. The Morgan fingerprint density at radius 2 is 2.12 bits per heavy atom. The normalized spacial score (nSPS) is 24.4. The Morgan fingerprint density at radius 1 is 1.47 bits per heavy atom. The number of carboxylic acid groups (broad SMARTS) is 1. The number of nitrogens with one attached hydrogen (secondary N) is 1. The lowest BCUT2D eigenvalue weighted by atomic mass is 10.1. The molecule has 1 aliphatic heterocycles. The first-order valence-electron chi connectivity index (χ1n) is 5.59. The third kappa shape index (κ3) is 5.04. The topological polar surface area (TPSA) is 84.9 Å². The monoisotopic (exact) mass is 245 g/mol. The summed E-state index contributed by atoms with van der Waals surface area (Å²) in [5, 5.41) is 11.3. The Morgan fingerprint density at radius 3 is 2.59 bits per heavy atom. The van der Waals surface area contributed by atoms with Crippen molar-refractivity contribution >= 4 is 12.1 Å². The smallest absolute Gasteiger partial charge is 0.407 e. The van der Waals surface area contributed by atoms with Crippen LogP contribution in [0.2, 0.25) is 0 Å². The van der Waals surface area contributed by atoms with Gasteiger partial charge in [-0.25, -0.2) is 9.59 Å². The number of carbonyl (C=O) groups is 2. The van der Waals surface area contributed by atoms with Gasteiger partial charge in [0.05, 0.1) is 6.61 Å². The van der Waals surface area contributed by atoms with Gasteiger partial charge in [0.2, 0.25) is 0 Å². The molecule has 0 aliphatic carbocycles. The molecule has 17 heavy (non-hydrogen) atoms. The molecule has 6 nitrogen and oxygen atoms in total. The van der Waals surface area contributed by atoms with E-state index >= 15 is 0 Å². The maximum atomic E-state index is 11.3. The van der Waals surface area contributed by atoms with Crippen LogP contribution in [0.5, 0.6) is 0 Å². The van der Waals surface area contributed by atoms with Gasteiger partial charge in [0.1, 0.15) is 5.60 Å². The van der Waals surface area contributed by atoms with Gasteiger partial charge in [-0.3, -0.25) is 0 Å². The molecule has 0 aromatic heterocycles. The largest absolute Gasteiger partial charge is 0.479 e. The molecule has 0 radical (unpaired) electrons. The lowest BCUT2D eigenvalue weighted by molar-refractivity contribution is -0.147. The summed E-state index contributed by atoms with van der Waals surface area (Å²) >= 11 is 0. The Hall–Kier alpha value is -1.30. The predicted octanol–water partition coefficient (Wildman–Crippen LogP) is 1.00. The van der Waals surface area contributed by atoms with Crippen LogP contribution in [0.1, 0.15) is 27.2 Å². The molecule has 1 amide bonds. The first-order valence-corrected chi connectivity index (χ1v) is 5.59. The van der Waals surface area contributed by atoms with Crippen LogP contribution < -0.4 is 5.32 Å². The van der Waals surface area contributed by atoms with Crippen LogP contribution in [0.4, 0.5) is 4.79 Å². The van der Waals surface area contributed by atoms with E-state index in [9.17, 15) is 9.59 Å². The van der Waals surface area contributed by atoms with Crippen LogP contribution in [0.15, 0.2) is 0 Å². The fourth-order valence-corrected chi connectivity index (χ4v) is 1.55. The van der Waals surface area contributed by atoms with E-state index in [4.69, 9.17) is 14.6 Å². The first kappa shape index (κ1) is 13.8. The SMILES string of the molecule is CC(C)(C)OC(=O)NCC1COC(C(=O)O)C1. The molecule has 1 heterocycles. The summed E-state index contributed by atoms with van der Waals surface area (Å²) in [6.45, 7) is 6.08. The molecule has 0 spiro atoms. The molecule has 6 heteroatoms. The molecular formula is C11H19NO5. The number of rotatable bonds is 3. The van der Waals surface area contributed by atoms with E-state index in [0.717, 1.165) is 0 Å². The van der Waals surface area contributed by atoms with Crippen molar-refractivity contribution in [1.29, 1.82) is 0 Å². The summed E-state index contributed by atoms with van der Waals surface area (Å²) in [4.78, 5) is 22.0. The van der Waals surface area contributed by atoms with Crippen molar-refractivity contribution in [2.75, 3.05) is 13.2 Å². The maximum absolute atomic E-state index is 11.3. The van der Waals surface area contributed by atoms with Gasteiger partial charge in [-0.15, -0.1) is 0 Å². The molecule has 1 fully saturated rings. The second-order valence-corrected chi connectivity index (χ2v) is 5.14. The van der Waals surface area contributed by atoms with Crippen LogP contribution in [-0.4, -0.2) is 42.0 Å². The minimum Gasteiger partial charge on any atom is -0.479 e. The molecular weight excluding hydrogens is 226 g/mol. The summed E-state index contributed by atoms with van der Waals surface area (Å²) in [5.74, 6) is -0.923. The highest BCUT2D eigenvalue weighted by Crippen LogP contribution is 2.19. The summed E-state index contributed by atoms with van der Waals surface area (Å²) in [7, 11) is 0. The molecule has 1 aliphatic rings. The van der Waals surface area contributed by atoms with E-state index < -0.39 is 23.8 Å². The highest BCUT2D eigenvalue weighted by Gasteiger charge is 2.31. The molecule has 2 N–H and O–H groups in total. The summed E-state index contributed by atoms with van der Waals surface area (Å²) in [6.07, 6.45) is -0.817. The number of carbonyl (C=O) groups excluding carboxylic acids is 1. The van der Waals surface area contributed by atoms with Crippen molar-refractivity contribution < 1.29 is 24.2 Å². The Balaban J connectivity index is 2.24. The number of carboxylic acids is 1. The second kappa shape index (κ2) is 5.35. The van der Waals surface area contributed by atoms with E-state index in [0.29, 0.717) is 19.6 Å². The number of ether oxygens (including phenoxy) is 2. The van der Waals surface area contributed by atoms with Gasteiger partial charge < -0.3 is 19.9 Å². The fourth-order valence-electron chi connectivity index (χ4n) is 1.55. The minimum atomic E-state index is -0.954. The molecule has 0 saturated carbocycles. The number of aliphatic carboxylic acids is 1. The van der Waals surface area contributed by atoms with Gasteiger partial charge in [-0.1, -0.05) is 0 Å². The Labute approximate surface area is 100 Å². The van der Waals surface area contributed by atoms with Gasteiger partial charge in [0.15, 0.2) is 6.10 Å². The van der Waals surface area contributed by atoms with Crippen LogP contribution >= 0.6 is 0 Å². The van der Waals surface area contributed by atoms with Crippen molar-refractivity contribution in [3.05, 3.63) is 0 Å². The number of amides is 1. The van der Waals surface area contributed by atoms with Crippen LogP contribution in [0.25, 0.3) is 0 Å². The average Bonchev–Trinajstić information content (AvgIpc) is 2.60. The molecule has 1 rings (SSSR count). The van der Waals surface area contributed by atoms with Crippen molar-refractivity contribution in [3.8, 4) is 0 Å². The Bertz CT molecular complexity index is 297. The minimum absolute atomic E-state index is 0.0311. The summed E-state index contributed by atoms with van der Waals surface area (Å²) in [5.41, 5.74) is -0.528. The zero-order chi connectivity index (χ0) is 13.1. The van der Waals surface area contributed by atoms with Gasteiger partial charge >= 0.3 is 12.1 Å². The number of alkyl carbamates (subject to hydrolysis) is 1. The summed E-state index contributed by atoms with van der Waals surface area (Å²) in [6, 6.07) is 0. The second-order valence-electron chi connectivity index (χ2n) is 5.14. The quantitative estimate of drug-likeness (QED) is 0.774. The van der Waals surface area contributed by atoms with Gasteiger partial charge in [0.25, 0.3) is 0 Å². The molecule has 98 valence electrons. The van der Waals surface area contributed by atoms with Crippen molar-refractivity contribution in [3.63, 3.8) is 0 Å².